The summed E-state index contributed by atoms with van der Waals surface area (Å²) in [5.41, 5.74) is 9.29. The van der Waals surface area contributed by atoms with Crippen molar-refractivity contribution in [2.24, 2.45) is 9.98 Å². The summed E-state index contributed by atoms with van der Waals surface area (Å²) in [6, 6.07) is 41.9. The van der Waals surface area contributed by atoms with Crippen molar-refractivity contribution in [2.45, 2.75) is 6.54 Å². The molecule has 63 heavy (non-hydrogen) atoms. The molecule has 4 aromatic carbocycles. The van der Waals surface area contributed by atoms with Crippen LogP contribution in [0, 0.1) is 0 Å². The van der Waals surface area contributed by atoms with Gasteiger partial charge in [0.05, 0.1) is 111 Å². The molecule has 0 unspecified atom stereocenters. The lowest BCUT2D eigenvalue weighted by atomic mass is 10.0. The second-order valence-electron chi connectivity index (χ2n) is 14.9. The Bertz CT molecular complexity index is 2110. The molecule has 1 saturated heterocycles. The minimum Gasteiger partial charge on any atom is -0.378 e. The third-order valence-electron chi connectivity index (χ3n) is 10.4. The molecule has 1 fully saturated rings. The fourth-order valence-corrected chi connectivity index (χ4v) is 7.06. The van der Waals surface area contributed by atoms with Gasteiger partial charge in [0.1, 0.15) is 5.82 Å². The van der Waals surface area contributed by atoms with Crippen molar-refractivity contribution in [1.29, 1.82) is 0 Å². The molecule has 0 bridgehead atoms. The number of nitrogens with zero attached hydrogens (tertiary/aromatic N) is 3. The summed E-state index contributed by atoms with van der Waals surface area (Å²) in [4.78, 5) is 16.4. The van der Waals surface area contributed by atoms with Crippen LogP contribution in [0.25, 0.3) is 28.0 Å². The molecule has 0 amide bonds. The number of aromatic amines is 1. The van der Waals surface area contributed by atoms with Crippen LogP contribution in [0.5, 0.6) is 0 Å². The number of aliphatic imine (C=N–C) groups is 2. The van der Waals surface area contributed by atoms with E-state index in [0.717, 1.165) is 70.2 Å². The molecule has 2 aliphatic heterocycles. The first kappa shape index (κ1) is 45.9. The van der Waals surface area contributed by atoms with Crippen LogP contribution in [0.2, 0.25) is 0 Å². The minimum atomic E-state index is 0.508. The third kappa shape index (κ3) is 15.3. The van der Waals surface area contributed by atoms with E-state index in [4.69, 9.17) is 47.9 Å². The fraction of sp³-hybridized carbons (Fsp3) is 0.373. The van der Waals surface area contributed by atoms with Crippen LogP contribution in [0.15, 0.2) is 137 Å². The quantitative estimate of drug-likeness (QED) is 0.174. The van der Waals surface area contributed by atoms with Crippen LogP contribution in [-0.2, 0) is 44.4 Å². The van der Waals surface area contributed by atoms with E-state index in [1.54, 1.807) is 0 Å². The lowest BCUT2D eigenvalue weighted by Crippen LogP contribution is -2.31. The van der Waals surface area contributed by atoms with Gasteiger partial charge in [0, 0.05) is 42.0 Å². The van der Waals surface area contributed by atoms with Crippen molar-refractivity contribution in [3.05, 3.63) is 144 Å². The number of allylic oxidation sites excluding steroid dienone is 1. The molecular formula is C51H60N4O8. The highest BCUT2D eigenvalue weighted by molar-refractivity contribution is 6.38. The zero-order valence-corrected chi connectivity index (χ0v) is 36.2. The van der Waals surface area contributed by atoms with Crippen molar-refractivity contribution in [1.82, 2.24) is 9.88 Å². The first-order valence-corrected chi connectivity index (χ1v) is 22.0. The van der Waals surface area contributed by atoms with Gasteiger partial charge in [0.2, 0.25) is 0 Å². The second-order valence-corrected chi connectivity index (χ2v) is 14.9. The molecule has 5 aromatic rings. The van der Waals surface area contributed by atoms with Gasteiger partial charge in [0.15, 0.2) is 5.84 Å². The SMILES string of the molecule is C1=C(c2ccccc2)/C(=N/c2[nH]c(-c3ccccc3)cc2-c2ccc(CN3CCOCCOCCOCCOCCOCCOCCOCCOCC3)cc2)N=C1c1ccccc1. The van der Waals surface area contributed by atoms with Crippen molar-refractivity contribution >= 4 is 22.9 Å². The summed E-state index contributed by atoms with van der Waals surface area (Å²) in [7, 11) is 0. The van der Waals surface area contributed by atoms with Crippen molar-refractivity contribution in [3.8, 4) is 22.4 Å². The zero-order chi connectivity index (χ0) is 43.0. The predicted molar refractivity (Wildman–Crippen MR) is 248 cm³/mol. The molecule has 0 saturated carbocycles. The van der Waals surface area contributed by atoms with Crippen molar-refractivity contribution < 1.29 is 37.9 Å². The van der Waals surface area contributed by atoms with Gasteiger partial charge in [-0.1, -0.05) is 115 Å². The van der Waals surface area contributed by atoms with Gasteiger partial charge >= 0.3 is 0 Å². The number of ether oxygens (including phenoxy) is 8. The Balaban J connectivity index is 1.03. The van der Waals surface area contributed by atoms with E-state index < -0.39 is 0 Å². The topological polar surface area (TPSA) is 118 Å². The normalized spacial score (nSPS) is 19.0. The molecule has 3 heterocycles. The molecule has 12 heteroatoms. The lowest BCUT2D eigenvalue weighted by molar-refractivity contribution is -0.0223. The van der Waals surface area contributed by atoms with Crippen LogP contribution in [0.3, 0.4) is 0 Å². The van der Waals surface area contributed by atoms with E-state index >= 15 is 0 Å². The van der Waals surface area contributed by atoms with E-state index in [2.05, 4.69) is 94.8 Å². The molecule has 0 atom stereocenters. The highest BCUT2D eigenvalue weighted by atomic mass is 16.6. The number of hydrogen-bond donors (Lipinski definition) is 1. The first-order chi connectivity index (χ1) is 31.3. The summed E-state index contributed by atoms with van der Waals surface area (Å²) >= 11 is 0. The lowest BCUT2D eigenvalue weighted by Gasteiger charge is -2.22. The van der Waals surface area contributed by atoms with Crippen LogP contribution >= 0.6 is 0 Å². The maximum absolute atomic E-state index is 5.98. The number of aromatic nitrogens is 1. The second kappa shape index (κ2) is 26.5. The summed E-state index contributed by atoms with van der Waals surface area (Å²) in [6.45, 7) is 10.6. The molecule has 332 valence electrons. The third-order valence-corrected chi connectivity index (χ3v) is 10.4. The van der Waals surface area contributed by atoms with Gasteiger partial charge in [-0.25, -0.2) is 9.98 Å². The molecule has 0 spiro atoms. The maximum atomic E-state index is 5.98. The van der Waals surface area contributed by atoms with E-state index in [1.807, 2.05) is 42.5 Å². The zero-order valence-electron chi connectivity index (χ0n) is 36.2. The first-order valence-electron chi connectivity index (χ1n) is 22.0. The Labute approximate surface area is 371 Å². The van der Waals surface area contributed by atoms with E-state index in [0.29, 0.717) is 112 Å². The highest BCUT2D eigenvalue weighted by Gasteiger charge is 2.21. The van der Waals surface area contributed by atoms with E-state index in [9.17, 15) is 0 Å². The molecule has 7 rings (SSSR count). The van der Waals surface area contributed by atoms with Gasteiger partial charge in [0.25, 0.3) is 0 Å². The average molecular weight is 857 g/mol. The van der Waals surface area contributed by atoms with Crippen molar-refractivity contribution in [3.63, 3.8) is 0 Å². The Hall–Kier alpha value is -5.12. The number of amidine groups is 1. The van der Waals surface area contributed by atoms with Crippen LogP contribution in [-0.4, -0.2) is 140 Å². The molecule has 12 nitrogen and oxygen atoms in total. The van der Waals surface area contributed by atoms with Crippen LogP contribution in [0.4, 0.5) is 5.82 Å². The summed E-state index contributed by atoms with van der Waals surface area (Å²) in [5, 5.41) is 0. The average Bonchev–Trinajstić information content (AvgIpc) is 3.96. The molecular weight excluding hydrogens is 797 g/mol. The van der Waals surface area contributed by atoms with Gasteiger partial charge in [-0.3, -0.25) is 4.90 Å². The summed E-state index contributed by atoms with van der Waals surface area (Å²) in [5.74, 6) is 1.42. The highest BCUT2D eigenvalue weighted by Crippen LogP contribution is 2.37. The molecule has 0 aliphatic carbocycles. The van der Waals surface area contributed by atoms with Gasteiger partial charge in [-0.2, -0.15) is 0 Å². The number of benzene rings is 4. The van der Waals surface area contributed by atoms with E-state index in [-0.39, 0.29) is 0 Å². The fourth-order valence-electron chi connectivity index (χ4n) is 7.06. The monoisotopic (exact) mass is 856 g/mol. The van der Waals surface area contributed by atoms with Crippen LogP contribution in [0.1, 0.15) is 16.7 Å². The number of H-pyrrole nitrogens is 1. The molecule has 2 aliphatic rings. The molecule has 1 N–H and O–H groups in total. The Morgan fingerprint density at radius 2 is 0.889 bits per heavy atom. The largest absolute Gasteiger partial charge is 0.378 e. The van der Waals surface area contributed by atoms with Crippen molar-refractivity contribution in [2.75, 3.05) is 119 Å². The van der Waals surface area contributed by atoms with Gasteiger partial charge < -0.3 is 42.9 Å². The van der Waals surface area contributed by atoms with E-state index in [1.165, 1.54) is 5.56 Å². The summed E-state index contributed by atoms with van der Waals surface area (Å²) in [6.07, 6.45) is 2.13. The van der Waals surface area contributed by atoms with Gasteiger partial charge in [-0.15, -0.1) is 0 Å². The predicted octanol–water partition coefficient (Wildman–Crippen LogP) is 7.91. The summed E-state index contributed by atoms with van der Waals surface area (Å²) < 4.78 is 45.7. The Morgan fingerprint density at radius 3 is 1.37 bits per heavy atom. The Morgan fingerprint density at radius 1 is 0.460 bits per heavy atom. The number of rotatable bonds is 7. The minimum absolute atomic E-state index is 0.508. The smallest absolute Gasteiger partial charge is 0.162 e. The number of nitrogens with one attached hydrogen (secondary N) is 1. The molecule has 1 aromatic heterocycles. The maximum Gasteiger partial charge on any atom is 0.162 e. The van der Waals surface area contributed by atoms with Gasteiger partial charge in [-0.05, 0) is 34.4 Å². The Kier molecular flexibility index (Phi) is 19.3. The standard InChI is InChI=1S/C51H60N4O8/c1-4-10-42(11-5-1)46-38-48(44-12-6-2-7-13-44)52-50(46)54-51-47(39-49(53-51)45-14-8-3-9-15-45)43-18-16-41(17-19-43)40-55-20-22-56-24-26-58-28-30-60-32-34-62-36-37-63-35-33-61-31-29-59-27-25-57-23-21-55/h1-19,38-39,53H,20-37,40H2/b54-50-. The number of hydrogen-bond acceptors (Lipinski definition) is 10. The van der Waals surface area contributed by atoms with Crippen LogP contribution < -0.4 is 0 Å². The molecule has 0 radical (unpaired) electrons.